The van der Waals surface area contributed by atoms with Gasteiger partial charge in [-0.15, -0.1) is 0 Å². The van der Waals surface area contributed by atoms with Gasteiger partial charge in [-0.3, -0.25) is 9.59 Å². The van der Waals surface area contributed by atoms with Gasteiger partial charge in [0.15, 0.2) is 0 Å². The zero-order valence-electron chi connectivity index (χ0n) is 21.3. The Bertz CT molecular complexity index is 1150. The number of amides is 3. The van der Waals surface area contributed by atoms with Crippen molar-refractivity contribution in [2.24, 2.45) is 11.8 Å². The van der Waals surface area contributed by atoms with Gasteiger partial charge < -0.3 is 20.7 Å². The van der Waals surface area contributed by atoms with Gasteiger partial charge in [0, 0.05) is 21.2 Å². The summed E-state index contributed by atoms with van der Waals surface area (Å²) in [5, 5.41) is 17.8. The van der Waals surface area contributed by atoms with Crippen LogP contribution in [0.5, 0.6) is 0 Å². The molecular weight excluding hydrogens is 468 g/mol. The van der Waals surface area contributed by atoms with Gasteiger partial charge in [-0.05, 0) is 53.9 Å². The van der Waals surface area contributed by atoms with Crippen molar-refractivity contribution in [1.29, 1.82) is 5.26 Å². The van der Waals surface area contributed by atoms with Crippen LogP contribution in [0.1, 0.15) is 59.4 Å². The number of alkyl carbamates (subject to hydrolysis) is 1. The standard InChI is InChI=1S/C29H34N4O4.2H2/c1-18(2)14-26(28(35)32-20(16-30)15-19-8-7-13-31-27(19)34)33-29(36)37-17-25-23-11-5-3-9-21(23)22-10-4-6-12-24(22)25;;/h3-6,9-12,18-20,25-26H,7-8,13-15,17H2,1-2H3,(H,31,34)(H,32,35)(H,33,36);2*1H/t19-,20-,26-;;/m0../s1. The number of rotatable bonds is 9. The number of piperidine rings is 1. The average molecular weight is 507 g/mol. The van der Waals surface area contributed by atoms with Crippen LogP contribution >= 0.6 is 0 Å². The molecule has 8 nitrogen and oxygen atoms in total. The molecule has 1 fully saturated rings. The molecule has 4 rings (SSSR count). The lowest BCUT2D eigenvalue weighted by molar-refractivity contribution is -0.128. The summed E-state index contributed by atoms with van der Waals surface area (Å²) < 4.78 is 5.62. The molecule has 3 N–H and O–H groups in total. The molecule has 8 heteroatoms. The molecule has 2 aliphatic rings. The number of nitrogens with one attached hydrogen (secondary N) is 3. The third-order valence-electron chi connectivity index (χ3n) is 7.05. The molecule has 1 aliphatic heterocycles. The average Bonchev–Trinajstić information content (AvgIpc) is 3.21. The minimum atomic E-state index is -0.855. The Morgan fingerprint density at radius 2 is 1.76 bits per heavy atom. The van der Waals surface area contributed by atoms with Crippen LogP contribution in [0.2, 0.25) is 0 Å². The summed E-state index contributed by atoms with van der Waals surface area (Å²) in [5.41, 5.74) is 4.49. The predicted molar refractivity (Wildman–Crippen MR) is 144 cm³/mol. The van der Waals surface area contributed by atoms with Gasteiger partial charge in [0.2, 0.25) is 11.8 Å². The van der Waals surface area contributed by atoms with Crippen LogP contribution in [0.3, 0.4) is 0 Å². The zero-order valence-corrected chi connectivity index (χ0v) is 21.3. The van der Waals surface area contributed by atoms with E-state index >= 15 is 0 Å². The number of hydrogen-bond donors (Lipinski definition) is 3. The smallest absolute Gasteiger partial charge is 0.407 e. The maximum atomic E-state index is 13.1. The van der Waals surface area contributed by atoms with E-state index in [1.54, 1.807) is 0 Å². The van der Waals surface area contributed by atoms with Gasteiger partial charge in [0.1, 0.15) is 18.7 Å². The Kier molecular flexibility index (Phi) is 8.44. The van der Waals surface area contributed by atoms with Crippen LogP contribution in [-0.4, -0.2) is 43.1 Å². The number of nitrogens with zero attached hydrogens (tertiary/aromatic N) is 1. The van der Waals surface area contributed by atoms with Crippen LogP contribution in [-0.2, 0) is 14.3 Å². The van der Waals surface area contributed by atoms with Crippen molar-refractivity contribution in [3.05, 3.63) is 59.7 Å². The molecule has 3 atom stereocenters. The fraction of sp³-hybridized carbons (Fsp3) is 0.448. The van der Waals surface area contributed by atoms with E-state index in [0.29, 0.717) is 19.4 Å². The molecule has 198 valence electrons. The Labute approximate surface area is 220 Å². The summed E-state index contributed by atoms with van der Waals surface area (Å²) in [5.74, 6) is -0.812. The van der Waals surface area contributed by atoms with Crippen molar-refractivity contribution in [2.45, 2.75) is 57.5 Å². The largest absolute Gasteiger partial charge is 0.449 e. The quantitative estimate of drug-likeness (QED) is 0.467. The molecule has 0 saturated carbocycles. The van der Waals surface area contributed by atoms with Gasteiger partial charge in [-0.1, -0.05) is 62.4 Å². The summed E-state index contributed by atoms with van der Waals surface area (Å²) in [6.07, 6.45) is 1.49. The number of ether oxygens (including phenoxy) is 1. The van der Waals surface area contributed by atoms with E-state index in [9.17, 15) is 19.6 Å². The minimum absolute atomic E-state index is 0. The monoisotopic (exact) mass is 506 g/mol. The normalized spacial score (nSPS) is 18.1. The van der Waals surface area contributed by atoms with E-state index in [0.717, 1.165) is 28.7 Å². The second kappa shape index (κ2) is 11.9. The molecule has 0 aromatic heterocycles. The highest BCUT2D eigenvalue weighted by Crippen LogP contribution is 2.44. The van der Waals surface area contributed by atoms with Crippen molar-refractivity contribution < 1.29 is 22.0 Å². The molecular formula is C29H38N4O4. The first-order valence-corrected chi connectivity index (χ1v) is 13.0. The highest BCUT2D eigenvalue weighted by molar-refractivity contribution is 5.86. The molecule has 2 aromatic carbocycles. The summed E-state index contributed by atoms with van der Waals surface area (Å²) in [7, 11) is 0. The first-order valence-electron chi connectivity index (χ1n) is 13.0. The molecule has 0 spiro atoms. The third-order valence-corrected chi connectivity index (χ3v) is 7.05. The number of carbonyl (C=O) groups is 3. The lowest BCUT2D eigenvalue weighted by atomic mass is 9.91. The van der Waals surface area contributed by atoms with Crippen LogP contribution < -0.4 is 16.0 Å². The molecule has 0 bridgehead atoms. The first kappa shape index (κ1) is 26.2. The molecule has 37 heavy (non-hydrogen) atoms. The molecule has 1 aliphatic carbocycles. The fourth-order valence-electron chi connectivity index (χ4n) is 5.25. The maximum absolute atomic E-state index is 13.1. The number of nitriles is 1. The van der Waals surface area contributed by atoms with Crippen LogP contribution in [0, 0.1) is 23.2 Å². The summed E-state index contributed by atoms with van der Waals surface area (Å²) in [6.45, 7) is 4.69. The SMILES string of the molecule is CC(C)C[C@H](NC(=O)OCC1c2ccccc2-c2ccccc21)C(=O)N[C@H](C#N)C[C@@H]1CCCNC1=O.[HH].[HH]. The molecule has 3 amide bonds. The Hall–Kier alpha value is -3.86. The second-order valence-electron chi connectivity index (χ2n) is 10.2. The minimum Gasteiger partial charge on any atom is -0.449 e. The lowest BCUT2D eigenvalue weighted by Gasteiger charge is -2.25. The van der Waals surface area contributed by atoms with E-state index in [1.165, 1.54) is 0 Å². The maximum Gasteiger partial charge on any atom is 0.407 e. The topological polar surface area (TPSA) is 120 Å². The van der Waals surface area contributed by atoms with Crippen molar-refractivity contribution in [2.75, 3.05) is 13.2 Å². The molecule has 0 radical (unpaired) electrons. The van der Waals surface area contributed by atoms with Gasteiger partial charge in [-0.2, -0.15) is 5.26 Å². The van der Waals surface area contributed by atoms with Crippen LogP contribution in [0.25, 0.3) is 11.1 Å². The van der Waals surface area contributed by atoms with Crippen molar-refractivity contribution >= 4 is 17.9 Å². The molecule has 0 unspecified atom stereocenters. The van der Waals surface area contributed by atoms with E-state index in [2.05, 4.69) is 34.2 Å². The molecule has 1 heterocycles. The van der Waals surface area contributed by atoms with E-state index < -0.39 is 24.1 Å². The van der Waals surface area contributed by atoms with Crippen molar-refractivity contribution in [3.63, 3.8) is 0 Å². The highest BCUT2D eigenvalue weighted by atomic mass is 16.5. The number of fused-ring (bicyclic) bond motifs is 3. The Balaban J connectivity index is 0.00000267. The van der Waals surface area contributed by atoms with E-state index in [-0.39, 0.29) is 39.5 Å². The summed E-state index contributed by atoms with van der Waals surface area (Å²) in [4.78, 5) is 37.9. The summed E-state index contributed by atoms with van der Waals surface area (Å²) in [6, 6.07) is 16.6. The van der Waals surface area contributed by atoms with Crippen molar-refractivity contribution in [3.8, 4) is 17.2 Å². The zero-order chi connectivity index (χ0) is 26.4. The lowest BCUT2D eigenvalue weighted by Crippen LogP contribution is -2.51. The van der Waals surface area contributed by atoms with Crippen LogP contribution in [0.4, 0.5) is 4.79 Å². The fourth-order valence-corrected chi connectivity index (χ4v) is 5.25. The second-order valence-corrected chi connectivity index (χ2v) is 10.2. The molecule has 2 aromatic rings. The van der Waals surface area contributed by atoms with Crippen molar-refractivity contribution in [1.82, 2.24) is 16.0 Å². The Morgan fingerprint density at radius 1 is 1.11 bits per heavy atom. The Morgan fingerprint density at radius 3 is 2.35 bits per heavy atom. The predicted octanol–water partition coefficient (Wildman–Crippen LogP) is 4.36. The first-order chi connectivity index (χ1) is 17.9. The van der Waals surface area contributed by atoms with E-state index in [1.807, 2.05) is 50.2 Å². The van der Waals surface area contributed by atoms with Gasteiger partial charge in [0.05, 0.1) is 6.07 Å². The van der Waals surface area contributed by atoms with Crippen LogP contribution in [0.15, 0.2) is 48.5 Å². The number of carbonyl (C=O) groups excluding carboxylic acids is 3. The van der Waals surface area contributed by atoms with E-state index in [4.69, 9.17) is 4.74 Å². The van der Waals surface area contributed by atoms with Gasteiger partial charge in [0.25, 0.3) is 0 Å². The van der Waals surface area contributed by atoms with Gasteiger partial charge in [-0.25, -0.2) is 4.79 Å². The number of benzene rings is 2. The van der Waals surface area contributed by atoms with Gasteiger partial charge >= 0.3 is 6.09 Å². The molecule has 1 saturated heterocycles. The highest BCUT2D eigenvalue weighted by Gasteiger charge is 2.31. The number of hydrogen-bond acceptors (Lipinski definition) is 5. The summed E-state index contributed by atoms with van der Waals surface area (Å²) >= 11 is 0. The third kappa shape index (κ3) is 6.29.